The molecule has 32 heavy (non-hydrogen) atoms. The van der Waals surface area contributed by atoms with Crippen LogP contribution >= 0.6 is 0 Å². The smallest absolute Gasteiger partial charge is 0.235 e. The van der Waals surface area contributed by atoms with E-state index in [4.69, 9.17) is 0 Å². The molecule has 8 heteroatoms. The van der Waals surface area contributed by atoms with Crippen LogP contribution in [0.2, 0.25) is 0 Å². The van der Waals surface area contributed by atoms with Gasteiger partial charge in [0.15, 0.2) is 17.4 Å². The van der Waals surface area contributed by atoms with Crippen LogP contribution in [-0.4, -0.2) is 19.5 Å². The lowest BCUT2D eigenvalue weighted by molar-refractivity contribution is 0.101. The van der Waals surface area contributed by atoms with Gasteiger partial charge in [0, 0.05) is 17.5 Å². The third-order valence-electron chi connectivity index (χ3n) is 5.43. The number of Topliss-reactive ketones (excluding diaryl/α,β-unsaturated/α-hetero) is 1. The Balaban J connectivity index is 1.67. The second-order valence-electron chi connectivity index (χ2n) is 7.85. The standard InChI is InChI=1S/C24H20F3NO3S/c1-14(29)15-3-2-4-16(11-15)17-5-6-18(22(26)13-17)12-20-23(10-9-21(25)24(20)27)28-32(30,31)19-7-8-19/h2-6,9-11,13,19,28H,7-8,12H2,1H3. The molecule has 0 amide bonds. The molecule has 1 saturated carbocycles. The van der Waals surface area contributed by atoms with Crippen molar-refractivity contribution in [3.8, 4) is 11.1 Å². The molecule has 4 rings (SSSR count). The number of carbonyl (C=O) groups is 1. The number of carbonyl (C=O) groups excluding carboxylic acids is 1. The van der Waals surface area contributed by atoms with Gasteiger partial charge in [-0.3, -0.25) is 9.52 Å². The van der Waals surface area contributed by atoms with Crippen molar-refractivity contribution in [1.29, 1.82) is 0 Å². The normalized spacial score (nSPS) is 13.8. The lowest BCUT2D eigenvalue weighted by Gasteiger charge is -2.15. The van der Waals surface area contributed by atoms with E-state index in [2.05, 4.69) is 4.72 Å². The van der Waals surface area contributed by atoms with Gasteiger partial charge in [-0.05, 0) is 60.7 Å². The predicted molar refractivity (Wildman–Crippen MR) is 117 cm³/mol. The lowest BCUT2D eigenvalue weighted by atomic mass is 9.97. The molecule has 3 aromatic carbocycles. The summed E-state index contributed by atoms with van der Waals surface area (Å²) in [5, 5.41) is -0.551. The highest BCUT2D eigenvalue weighted by molar-refractivity contribution is 7.93. The Morgan fingerprint density at radius 1 is 0.969 bits per heavy atom. The van der Waals surface area contributed by atoms with E-state index < -0.39 is 32.7 Å². The summed E-state index contributed by atoms with van der Waals surface area (Å²) in [5.74, 6) is -3.15. The van der Waals surface area contributed by atoms with E-state index in [0.29, 0.717) is 29.5 Å². The summed E-state index contributed by atoms with van der Waals surface area (Å²) in [5.41, 5.74) is 1.35. The van der Waals surface area contributed by atoms with Gasteiger partial charge in [0.25, 0.3) is 0 Å². The summed E-state index contributed by atoms with van der Waals surface area (Å²) in [6.07, 6.45) is 0.677. The largest absolute Gasteiger partial charge is 0.295 e. The molecule has 1 aliphatic rings. The van der Waals surface area contributed by atoms with Crippen LogP contribution in [0.15, 0.2) is 54.6 Å². The molecule has 4 nitrogen and oxygen atoms in total. The summed E-state index contributed by atoms with van der Waals surface area (Å²) in [6, 6.07) is 13.0. The molecule has 1 fully saturated rings. The first-order chi connectivity index (χ1) is 15.2. The minimum Gasteiger partial charge on any atom is -0.295 e. The minimum atomic E-state index is -3.71. The van der Waals surface area contributed by atoms with E-state index in [-0.39, 0.29) is 29.0 Å². The molecule has 0 atom stereocenters. The fourth-order valence-electron chi connectivity index (χ4n) is 3.45. The number of benzene rings is 3. The summed E-state index contributed by atoms with van der Waals surface area (Å²) in [6.45, 7) is 1.44. The maximum Gasteiger partial charge on any atom is 0.235 e. The zero-order valence-electron chi connectivity index (χ0n) is 17.2. The van der Waals surface area contributed by atoms with Crippen LogP contribution < -0.4 is 4.72 Å². The van der Waals surface area contributed by atoms with Crippen molar-refractivity contribution in [2.45, 2.75) is 31.4 Å². The lowest BCUT2D eigenvalue weighted by Crippen LogP contribution is -2.19. The van der Waals surface area contributed by atoms with Crippen molar-refractivity contribution in [3.05, 3.63) is 88.7 Å². The van der Waals surface area contributed by atoms with Crippen LogP contribution in [0.1, 0.15) is 41.3 Å². The van der Waals surface area contributed by atoms with Gasteiger partial charge >= 0.3 is 0 Å². The first-order valence-corrected chi connectivity index (χ1v) is 11.6. The predicted octanol–water partition coefficient (Wildman–Crippen LogP) is 5.47. The molecule has 0 bridgehead atoms. The van der Waals surface area contributed by atoms with E-state index >= 15 is 0 Å². The average molecular weight is 459 g/mol. The Bertz CT molecular complexity index is 1320. The van der Waals surface area contributed by atoms with Crippen LogP contribution in [0.25, 0.3) is 11.1 Å². The highest BCUT2D eigenvalue weighted by atomic mass is 32.2. The van der Waals surface area contributed by atoms with Gasteiger partial charge in [0.1, 0.15) is 5.82 Å². The third-order valence-corrected chi connectivity index (χ3v) is 7.29. The van der Waals surface area contributed by atoms with E-state index in [1.54, 1.807) is 30.3 Å². The first kappa shape index (κ1) is 22.1. The third kappa shape index (κ3) is 4.55. The van der Waals surface area contributed by atoms with Crippen LogP contribution in [0.3, 0.4) is 0 Å². The molecule has 0 spiro atoms. The van der Waals surface area contributed by atoms with E-state index in [0.717, 1.165) is 12.1 Å². The van der Waals surface area contributed by atoms with E-state index in [9.17, 15) is 26.4 Å². The molecular formula is C24H20F3NO3S. The summed E-state index contributed by atoms with van der Waals surface area (Å²) in [7, 11) is -3.71. The fourth-order valence-corrected chi connectivity index (χ4v) is 4.88. The number of sulfonamides is 1. The highest BCUT2D eigenvalue weighted by Gasteiger charge is 2.36. The van der Waals surface area contributed by atoms with Gasteiger partial charge in [0.2, 0.25) is 10.0 Å². The first-order valence-electron chi connectivity index (χ1n) is 10.0. The van der Waals surface area contributed by atoms with Gasteiger partial charge < -0.3 is 0 Å². The second kappa shape index (κ2) is 8.43. The summed E-state index contributed by atoms with van der Waals surface area (Å²) < 4.78 is 70.2. The van der Waals surface area contributed by atoms with Gasteiger partial charge in [-0.2, -0.15) is 0 Å². The van der Waals surface area contributed by atoms with Crippen LogP contribution in [0, 0.1) is 17.5 Å². The topological polar surface area (TPSA) is 63.2 Å². The molecular weight excluding hydrogens is 439 g/mol. The minimum absolute atomic E-state index is 0.0767. The van der Waals surface area contributed by atoms with E-state index in [1.165, 1.54) is 19.1 Å². The van der Waals surface area contributed by atoms with Crippen molar-refractivity contribution in [3.63, 3.8) is 0 Å². The number of hydrogen-bond donors (Lipinski definition) is 1. The number of halogens is 3. The summed E-state index contributed by atoms with van der Waals surface area (Å²) >= 11 is 0. The monoisotopic (exact) mass is 459 g/mol. The van der Waals surface area contributed by atoms with Gasteiger partial charge in [-0.1, -0.05) is 30.3 Å². The van der Waals surface area contributed by atoms with Crippen LogP contribution in [0.5, 0.6) is 0 Å². The molecule has 166 valence electrons. The number of nitrogens with one attached hydrogen (secondary N) is 1. The van der Waals surface area contributed by atoms with Crippen molar-refractivity contribution in [2.24, 2.45) is 0 Å². The van der Waals surface area contributed by atoms with Crippen molar-refractivity contribution < 1.29 is 26.4 Å². The maximum absolute atomic E-state index is 14.9. The van der Waals surface area contributed by atoms with Crippen molar-refractivity contribution in [2.75, 3.05) is 4.72 Å². The number of hydrogen-bond acceptors (Lipinski definition) is 3. The molecule has 0 unspecified atom stereocenters. The second-order valence-corrected chi connectivity index (χ2v) is 9.81. The van der Waals surface area contributed by atoms with E-state index in [1.807, 2.05) is 0 Å². The number of rotatable bonds is 7. The zero-order valence-corrected chi connectivity index (χ0v) is 18.0. The molecule has 1 aliphatic carbocycles. The van der Waals surface area contributed by atoms with Gasteiger partial charge in [-0.15, -0.1) is 0 Å². The molecule has 0 radical (unpaired) electrons. The Morgan fingerprint density at radius 2 is 1.69 bits per heavy atom. The molecule has 0 aliphatic heterocycles. The maximum atomic E-state index is 14.9. The zero-order chi connectivity index (χ0) is 23.0. The molecule has 3 aromatic rings. The van der Waals surface area contributed by atoms with Crippen molar-refractivity contribution in [1.82, 2.24) is 0 Å². The molecule has 1 N–H and O–H groups in total. The molecule has 0 aromatic heterocycles. The number of anilines is 1. The van der Waals surface area contributed by atoms with Crippen molar-refractivity contribution >= 4 is 21.5 Å². The highest BCUT2D eigenvalue weighted by Crippen LogP contribution is 2.33. The Labute approximate surface area is 184 Å². The summed E-state index contributed by atoms with van der Waals surface area (Å²) in [4.78, 5) is 11.6. The SMILES string of the molecule is CC(=O)c1cccc(-c2ccc(Cc3c(NS(=O)(=O)C4CC4)ccc(F)c3F)c(F)c2)c1. The molecule has 0 heterocycles. The van der Waals surface area contributed by atoms with Crippen LogP contribution in [0.4, 0.5) is 18.9 Å². The van der Waals surface area contributed by atoms with Gasteiger partial charge in [-0.25, -0.2) is 21.6 Å². The Kier molecular flexibility index (Phi) is 5.81. The fraction of sp³-hybridized carbons (Fsp3) is 0.208. The molecule has 0 saturated heterocycles. The van der Waals surface area contributed by atoms with Crippen LogP contribution in [-0.2, 0) is 16.4 Å². The Morgan fingerprint density at radius 3 is 2.34 bits per heavy atom. The van der Waals surface area contributed by atoms with Gasteiger partial charge in [0.05, 0.1) is 10.9 Å². The quantitative estimate of drug-likeness (QED) is 0.477. The average Bonchev–Trinajstić information content (AvgIpc) is 3.60. The number of ketones is 1. The Hall–Kier alpha value is -3.13.